The van der Waals surface area contributed by atoms with Crippen LogP contribution >= 0.6 is 0 Å². The van der Waals surface area contributed by atoms with Gasteiger partial charge in [-0.3, -0.25) is 0 Å². The molecular formula is C19H25N3O3. The minimum Gasteiger partial charge on any atom is -0.493 e. The highest BCUT2D eigenvalue weighted by Gasteiger charge is 2.04. The molecule has 4 N–H and O–H groups in total. The van der Waals surface area contributed by atoms with Crippen LogP contribution in [0.3, 0.4) is 0 Å². The molecule has 0 spiro atoms. The van der Waals surface area contributed by atoms with Gasteiger partial charge in [0.1, 0.15) is 0 Å². The molecule has 0 bridgehead atoms. The Morgan fingerprint density at radius 2 is 1.64 bits per heavy atom. The third-order valence-corrected chi connectivity index (χ3v) is 3.81. The number of aliphatic hydroxyl groups is 1. The molecule has 0 radical (unpaired) electrons. The van der Waals surface area contributed by atoms with Crippen LogP contribution in [0, 0.1) is 0 Å². The number of nitrogens with two attached hydrogens (primary N) is 1. The van der Waals surface area contributed by atoms with Gasteiger partial charge in [0.05, 0.1) is 27.4 Å². The zero-order valence-corrected chi connectivity index (χ0v) is 14.7. The highest BCUT2D eigenvalue weighted by atomic mass is 16.5. The number of methoxy groups -OCH3 is 2. The average Bonchev–Trinajstić information content (AvgIpc) is 2.66. The number of aliphatic imine (C=N–C) groups is 1. The van der Waals surface area contributed by atoms with E-state index in [0.717, 1.165) is 17.5 Å². The second kappa shape index (κ2) is 9.54. The van der Waals surface area contributed by atoms with Crippen molar-refractivity contribution in [2.75, 3.05) is 20.8 Å². The molecule has 2 rings (SSSR count). The topological polar surface area (TPSA) is 89.1 Å². The van der Waals surface area contributed by atoms with E-state index in [2.05, 4.69) is 10.3 Å². The van der Waals surface area contributed by atoms with E-state index in [-0.39, 0.29) is 6.61 Å². The monoisotopic (exact) mass is 343 g/mol. The first-order chi connectivity index (χ1) is 12.2. The summed E-state index contributed by atoms with van der Waals surface area (Å²) in [4.78, 5) is 4.34. The van der Waals surface area contributed by atoms with Crippen molar-refractivity contribution in [3.8, 4) is 11.5 Å². The van der Waals surface area contributed by atoms with Crippen molar-refractivity contribution in [2.24, 2.45) is 10.7 Å². The molecule has 2 aromatic rings. The fourth-order valence-corrected chi connectivity index (χ4v) is 2.36. The predicted octanol–water partition coefficient (Wildman–Crippen LogP) is 1.84. The summed E-state index contributed by atoms with van der Waals surface area (Å²) >= 11 is 0. The van der Waals surface area contributed by atoms with Gasteiger partial charge in [0, 0.05) is 6.54 Å². The van der Waals surface area contributed by atoms with Crippen LogP contribution < -0.4 is 20.5 Å². The molecule has 2 aromatic carbocycles. The molecule has 0 aliphatic carbocycles. The van der Waals surface area contributed by atoms with Crippen LogP contribution in [0.1, 0.15) is 16.7 Å². The number of ether oxygens (including phenoxy) is 2. The highest BCUT2D eigenvalue weighted by Crippen LogP contribution is 2.27. The van der Waals surface area contributed by atoms with Crippen LogP contribution in [-0.2, 0) is 19.6 Å². The fourth-order valence-electron chi connectivity index (χ4n) is 2.36. The van der Waals surface area contributed by atoms with Crippen molar-refractivity contribution in [1.82, 2.24) is 5.32 Å². The van der Waals surface area contributed by atoms with E-state index in [1.54, 1.807) is 14.2 Å². The maximum Gasteiger partial charge on any atom is 0.188 e. The summed E-state index contributed by atoms with van der Waals surface area (Å²) in [6.45, 7) is 1.22. The molecule has 0 aliphatic heterocycles. The van der Waals surface area contributed by atoms with Gasteiger partial charge in [-0.05, 0) is 35.2 Å². The Bertz CT molecular complexity index is 700. The molecular weight excluding hydrogens is 318 g/mol. The first kappa shape index (κ1) is 18.6. The Morgan fingerprint density at radius 1 is 1.00 bits per heavy atom. The molecule has 0 unspecified atom stereocenters. The predicted molar refractivity (Wildman–Crippen MR) is 98.9 cm³/mol. The quantitative estimate of drug-likeness (QED) is 0.503. The Morgan fingerprint density at radius 3 is 2.28 bits per heavy atom. The van der Waals surface area contributed by atoms with Gasteiger partial charge < -0.3 is 25.6 Å². The third kappa shape index (κ3) is 5.69. The van der Waals surface area contributed by atoms with E-state index in [1.165, 1.54) is 5.56 Å². The zero-order chi connectivity index (χ0) is 18.1. The Hall–Kier alpha value is -2.73. The van der Waals surface area contributed by atoms with Gasteiger partial charge in [-0.25, -0.2) is 4.99 Å². The lowest BCUT2D eigenvalue weighted by Crippen LogP contribution is -2.33. The van der Waals surface area contributed by atoms with Crippen LogP contribution in [0.2, 0.25) is 0 Å². The van der Waals surface area contributed by atoms with Crippen molar-refractivity contribution in [3.63, 3.8) is 0 Å². The molecule has 25 heavy (non-hydrogen) atoms. The normalized spacial score (nSPS) is 11.2. The van der Waals surface area contributed by atoms with E-state index in [4.69, 9.17) is 20.3 Å². The third-order valence-electron chi connectivity index (χ3n) is 3.81. The molecule has 0 atom stereocenters. The van der Waals surface area contributed by atoms with Crippen LogP contribution in [0.25, 0.3) is 0 Å². The summed E-state index contributed by atoms with van der Waals surface area (Å²) in [5.41, 5.74) is 8.98. The van der Waals surface area contributed by atoms with Gasteiger partial charge in [-0.15, -0.1) is 0 Å². The smallest absolute Gasteiger partial charge is 0.188 e. The number of hydrogen-bond donors (Lipinski definition) is 3. The van der Waals surface area contributed by atoms with Gasteiger partial charge >= 0.3 is 0 Å². The SMILES string of the molecule is COc1ccc(CN=C(N)NCCc2ccc(CO)cc2)cc1OC. The largest absolute Gasteiger partial charge is 0.493 e. The number of hydrogen-bond acceptors (Lipinski definition) is 4. The van der Waals surface area contributed by atoms with Gasteiger partial charge in [-0.2, -0.15) is 0 Å². The average molecular weight is 343 g/mol. The summed E-state index contributed by atoms with van der Waals surface area (Å²) in [5, 5.41) is 12.1. The molecule has 0 amide bonds. The number of guanidine groups is 1. The van der Waals surface area contributed by atoms with Crippen LogP contribution in [0.4, 0.5) is 0 Å². The van der Waals surface area contributed by atoms with E-state index in [0.29, 0.717) is 30.5 Å². The summed E-state index contributed by atoms with van der Waals surface area (Å²) in [6.07, 6.45) is 0.832. The lowest BCUT2D eigenvalue weighted by Gasteiger charge is -2.09. The Balaban J connectivity index is 1.82. The Kier molecular flexibility index (Phi) is 7.10. The van der Waals surface area contributed by atoms with E-state index >= 15 is 0 Å². The first-order valence-corrected chi connectivity index (χ1v) is 8.09. The van der Waals surface area contributed by atoms with Gasteiger partial charge in [0.25, 0.3) is 0 Å². The molecule has 0 heterocycles. The zero-order valence-electron chi connectivity index (χ0n) is 14.7. The number of benzene rings is 2. The van der Waals surface area contributed by atoms with Crippen molar-refractivity contribution < 1.29 is 14.6 Å². The minimum atomic E-state index is 0.0638. The second-order valence-corrected chi connectivity index (χ2v) is 5.54. The number of nitrogens with zero attached hydrogens (tertiary/aromatic N) is 1. The molecule has 6 heteroatoms. The number of aliphatic hydroxyl groups excluding tert-OH is 1. The lowest BCUT2D eigenvalue weighted by atomic mass is 10.1. The summed E-state index contributed by atoms with van der Waals surface area (Å²) in [5.74, 6) is 1.77. The summed E-state index contributed by atoms with van der Waals surface area (Å²) in [6, 6.07) is 13.5. The summed E-state index contributed by atoms with van der Waals surface area (Å²) < 4.78 is 10.5. The second-order valence-electron chi connectivity index (χ2n) is 5.54. The lowest BCUT2D eigenvalue weighted by molar-refractivity contribution is 0.282. The van der Waals surface area contributed by atoms with Gasteiger partial charge in [0.15, 0.2) is 17.5 Å². The van der Waals surface area contributed by atoms with Crippen molar-refractivity contribution >= 4 is 5.96 Å². The van der Waals surface area contributed by atoms with E-state index in [1.807, 2.05) is 42.5 Å². The maximum atomic E-state index is 9.03. The molecule has 0 fully saturated rings. The molecule has 6 nitrogen and oxygen atoms in total. The first-order valence-electron chi connectivity index (χ1n) is 8.09. The molecule has 134 valence electrons. The standard InChI is InChI=1S/C19H25N3O3/c1-24-17-8-7-16(11-18(17)25-2)12-22-19(20)21-10-9-14-3-5-15(13-23)6-4-14/h3-8,11,23H,9-10,12-13H2,1-2H3,(H3,20,21,22). The molecule has 0 saturated carbocycles. The van der Waals surface area contributed by atoms with Crippen molar-refractivity contribution in [1.29, 1.82) is 0 Å². The number of nitrogens with one attached hydrogen (secondary N) is 1. The minimum absolute atomic E-state index is 0.0638. The fraction of sp³-hybridized carbons (Fsp3) is 0.316. The maximum absolute atomic E-state index is 9.03. The molecule has 0 aromatic heterocycles. The molecule has 0 aliphatic rings. The van der Waals surface area contributed by atoms with Crippen LogP contribution in [0.5, 0.6) is 11.5 Å². The van der Waals surface area contributed by atoms with E-state index < -0.39 is 0 Å². The van der Waals surface area contributed by atoms with Gasteiger partial charge in [-0.1, -0.05) is 30.3 Å². The van der Waals surface area contributed by atoms with E-state index in [9.17, 15) is 0 Å². The number of rotatable bonds is 8. The summed E-state index contributed by atoms with van der Waals surface area (Å²) in [7, 11) is 3.21. The highest BCUT2D eigenvalue weighted by molar-refractivity contribution is 5.77. The van der Waals surface area contributed by atoms with Crippen molar-refractivity contribution in [3.05, 3.63) is 59.2 Å². The van der Waals surface area contributed by atoms with Crippen LogP contribution in [-0.4, -0.2) is 31.8 Å². The van der Waals surface area contributed by atoms with Gasteiger partial charge in [0.2, 0.25) is 0 Å². The Labute approximate surface area is 148 Å². The van der Waals surface area contributed by atoms with Crippen molar-refractivity contribution in [2.45, 2.75) is 19.6 Å². The van der Waals surface area contributed by atoms with Crippen LogP contribution in [0.15, 0.2) is 47.5 Å². The molecule has 0 saturated heterocycles.